The number of nitrogens with zero attached hydrogens (tertiary/aromatic N) is 1. The van der Waals surface area contributed by atoms with Crippen molar-refractivity contribution >= 4 is 5.91 Å². The van der Waals surface area contributed by atoms with E-state index in [1.807, 2.05) is 0 Å². The SMILES string of the molecule is CC1CCC(=O)N1CC(F)(F)F. The Kier molecular flexibility index (Phi) is 2.30. The van der Waals surface area contributed by atoms with Gasteiger partial charge in [-0.2, -0.15) is 13.2 Å². The van der Waals surface area contributed by atoms with Crippen LogP contribution in [0.2, 0.25) is 0 Å². The van der Waals surface area contributed by atoms with Crippen molar-refractivity contribution in [3.05, 3.63) is 0 Å². The average molecular weight is 181 g/mol. The van der Waals surface area contributed by atoms with Gasteiger partial charge in [0.05, 0.1) is 0 Å². The summed E-state index contributed by atoms with van der Waals surface area (Å²) < 4.78 is 35.6. The van der Waals surface area contributed by atoms with Crippen LogP contribution in [0.3, 0.4) is 0 Å². The van der Waals surface area contributed by atoms with Crippen LogP contribution in [0.4, 0.5) is 13.2 Å². The number of hydrogen-bond acceptors (Lipinski definition) is 1. The molecule has 0 aromatic carbocycles. The number of hydrogen-bond donors (Lipinski definition) is 0. The molecule has 0 spiro atoms. The zero-order chi connectivity index (χ0) is 9.35. The summed E-state index contributed by atoms with van der Waals surface area (Å²) in [4.78, 5) is 11.8. The third-order valence-corrected chi connectivity index (χ3v) is 1.98. The van der Waals surface area contributed by atoms with Gasteiger partial charge in [0, 0.05) is 12.5 Å². The van der Waals surface area contributed by atoms with Crippen LogP contribution in [0.1, 0.15) is 19.8 Å². The van der Waals surface area contributed by atoms with E-state index in [1.165, 1.54) is 0 Å². The average Bonchev–Trinajstić information content (AvgIpc) is 2.16. The maximum absolute atomic E-state index is 11.9. The molecule has 1 saturated heterocycles. The zero-order valence-electron chi connectivity index (χ0n) is 6.69. The fourth-order valence-electron chi connectivity index (χ4n) is 1.31. The molecule has 1 unspecified atom stereocenters. The minimum absolute atomic E-state index is 0.247. The van der Waals surface area contributed by atoms with Crippen molar-refractivity contribution in [1.82, 2.24) is 4.90 Å². The van der Waals surface area contributed by atoms with E-state index in [-0.39, 0.29) is 18.4 Å². The van der Waals surface area contributed by atoms with E-state index in [0.29, 0.717) is 6.42 Å². The van der Waals surface area contributed by atoms with Gasteiger partial charge in [-0.05, 0) is 13.3 Å². The van der Waals surface area contributed by atoms with Crippen molar-refractivity contribution in [1.29, 1.82) is 0 Å². The van der Waals surface area contributed by atoms with Crippen molar-refractivity contribution in [3.63, 3.8) is 0 Å². The lowest BCUT2D eigenvalue weighted by molar-refractivity contribution is -0.160. The Bertz CT molecular complexity index is 190. The molecule has 0 aliphatic carbocycles. The lowest BCUT2D eigenvalue weighted by Crippen LogP contribution is -2.39. The van der Waals surface area contributed by atoms with E-state index in [0.717, 1.165) is 4.90 Å². The second kappa shape index (κ2) is 2.95. The summed E-state index contributed by atoms with van der Waals surface area (Å²) >= 11 is 0. The molecule has 1 aliphatic rings. The zero-order valence-corrected chi connectivity index (χ0v) is 6.69. The second-order valence-corrected chi connectivity index (χ2v) is 3.02. The van der Waals surface area contributed by atoms with E-state index >= 15 is 0 Å². The van der Waals surface area contributed by atoms with Crippen molar-refractivity contribution in [2.45, 2.75) is 32.0 Å². The highest BCUT2D eigenvalue weighted by molar-refractivity contribution is 5.78. The van der Waals surface area contributed by atoms with Gasteiger partial charge in [-0.15, -0.1) is 0 Å². The standard InChI is InChI=1S/C7H10F3NO/c1-5-2-3-6(12)11(5)4-7(8,9)10/h5H,2-4H2,1H3. The Morgan fingerprint density at radius 2 is 2.17 bits per heavy atom. The van der Waals surface area contributed by atoms with E-state index < -0.39 is 12.7 Å². The Morgan fingerprint density at radius 1 is 1.58 bits per heavy atom. The predicted molar refractivity (Wildman–Crippen MR) is 36.5 cm³/mol. The molecule has 1 heterocycles. The largest absolute Gasteiger partial charge is 0.406 e. The molecule has 70 valence electrons. The van der Waals surface area contributed by atoms with Crippen molar-refractivity contribution < 1.29 is 18.0 Å². The number of likely N-dealkylation sites (tertiary alicyclic amines) is 1. The molecule has 0 aromatic rings. The van der Waals surface area contributed by atoms with E-state index in [1.54, 1.807) is 6.92 Å². The monoisotopic (exact) mass is 181 g/mol. The van der Waals surface area contributed by atoms with E-state index in [4.69, 9.17) is 0 Å². The second-order valence-electron chi connectivity index (χ2n) is 3.02. The number of carbonyl (C=O) groups excluding carboxylic acids is 1. The molecule has 1 fully saturated rings. The topological polar surface area (TPSA) is 20.3 Å². The summed E-state index contributed by atoms with van der Waals surface area (Å²) in [6, 6.07) is -0.265. The van der Waals surface area contributed by atoms with Crippen LogP contribution in [0.5, 0.6) is 0 Å². The lowest BCUT2D eigenvalue weighted by Gasteiger charge is -2.22. The van der Waals surface area contributed by atoms with Gasteiger partial charge in [-0.3, -0.25) is 4.79 Å². The minimum atomic E-state index is -4.27. The predicted octanol–water partition coefficient (Wildman–Crippen LogP) is 1.56. The molecule has 12 heavy (non-hydrogen) atoms. The molecule has 0 aromatic heterocycles. The molecule has 1 amide bonds. The summed E-state index contributed by atoms with van der Waals surface area (Å²) in [5.41, 5.74) is 0. The summed E-state index contributed by atoms with van der Waals surface area (Å²) in [6.45, 7) is 0.531. The first-order valence-corrected chi connectivity index (χ1v) is 3.76. The molecule has 0 saturated carbocycles. The molecule has 2 nitrogen and oxygen atoms in total. The van der Waals surface area contributed by atoms with Gasteiger partial charge in [0.15, 0.2) is 0 Å². The van der Waals surface area contributed by atoms with E-state index in [2.05, 4.69) is 0 Å². The van der Waals surface area contributed by atoms with Gasteiger partial charge in [0.1, 0.15) is 6.54 Å². The first-order valence-electron chi connectivity index (χ1n) is 3.76. The van der Waals surface area contributed by atoms with Crippen LogP contribution in [-0.4, -0.2) is 29.6 Å². The highest BCUT2D eigenvalue weighted by atomic mass is 19.4. The Labute approximate surface area is 68.3 Å². The summed E-state index contributed by atoms with van der Waals surface area (Å²) in [5, 5.41) is 0. The highest BCUT2D eigenvalue weighted by Crippen LogP contribution is 2.24. The van der Waals surface area contributed by atoms with E-state index in [9.17, 15) is 18.0 Å². The number of amides is 1. The first kappa shape index (κ1) is 9.35. The highest BCUT2D eigenvalue weighted by Gasteiger charge is 2.37. The fourth-order valence-corrected chi connectivity index (χ4v) is 1.31. The summed E-state index contributed by atoms with van der Waals surface area (Å²) in [5.74, 6) is -0.389. The molecular weight excluding hydrogens is 171 g/mol. The Hall–Kier alpha value is -0.740. The van der Waals surface area contributed by atoms with Gasteiger partial charge in [-0.1, -0.05) is 0 Å². The number of alkyl halides is 3. The quantitative estimate of drug-likeness (QED) is 0.601. The van der Waals surface area contributed by atoms with Crippen molar-refractivity contribution in [3.8, 4) is 0 Å². The molecule has 5 heteroatoms. The maximum atomic E-state index is 11.9. The van der Waals surface area contributed by atoms with Crippen LogP contribution in [0.15, 0.2) is 0 Å². The molecule has 1 atom stereocenters. The van der Waals surface area contributed by atoms with Crippen molar-refractivity contribution in [2.24, 2.45) is 0 Å². The van der Waals surface area contributed by atoms with Crippen LogP contribution >= 0.6 is 0 Å². The number of carbonyl (C=O) groups is 1. The number of halogens is 3. The Morgan fingerprint density at radius 3 is 2.50 bits per heavy atom. The van der Waals surface area contributed by atoms with Crippen LogP contribution in [0.25, 0.3) is 0 Å². The normalized spacial score (nSPS) is 25.2. The molecule has 0 N–H and O–H groups in total. The molecule has 0 bridgehead atoms. The van der Waals surface area contributed by atoms with Gasteiger partial charge in [-0.25, -0.2) is 0 Å². The van der Waals surface area contributed by atoms with Crippen LogP contribution in [-0.2, 0) is 4.79 Å². The Balaban J connectivity index is 2.56. The lowest BCUT2D eigenvalue weighted by atomic mass is 10.2. The first-order chi connectivity index (χ1) is 5.40. The third-order valence-electron chi connectivity index (χ3n) is 1.98. The summed E-state index contributed by atoms with van der Waals surface area (Å²) in [6.07, 6.45) is -3.49. The van der Waals surface area contributed by atoms with Gasteiger partial charge >= 0.3 is 6.18 Å². The fraction of sp³-hybridized carbons (Fsp3) is 0.857. The molecule has 1 aliphatic heterocycles. The van der Waals surface area contributed by atoms with Gasteiger partial charge < -0.3 is 4.90 Å². The van der Waals surface area contributed by atoms with Crippen LogP contribution < -0.4 is 0 Å². The smallest absolute Gasteiger partial charge is 0.331 e. The third kappa shape index (κ3) is 2.12. The van der Waals surface area contributed by atoms with Crippen molar-refractivity contribution in [2.75, 3.05) is 6.54 Å². The van der Waals surface area contributed by atoms with Crippen LogP contribution in [0, 0.1) is 0 Å². The molecule has 0 radical (unpaired) electrons. The minimum Gasteiger partial charge on any atom is -0.331 e. The number of rotatable bonds is 1. The van der Waals surface area contributed by atoms with Gasteiger partial charge in [0.25, 0.3) is 0 Å². The molecular formula is C7H10F3NO. The van der Waals surface area contributed by atoms with Gasteiger partial charge in [0.2, 0.25) is 5.91 Å². The maximum Gasteiger partial charge on any atom is 0.406 e. The molecule has 1 rings (SSSR count). The summed E-state index contributed by atoms with van der Waals surface area (Å²) in [7, 11) is 0.